The van der Waals surface area contributed by atoms with Crippen LogP contribution in [0.4, 0.5) is 0 Å². The Balaban J connectivity index is 3.25. The largest absolute Gasteiger partial charge is 0.469 e. The van der Waals surface area contributed by atoms with Gasteiger partial charge >= 0.3 is 5.97 Å². The van der Waals surface area contributed by atoms with Crippen molar-refractivity contribution in [1.82, 2.24) is 0 Å². The minimum absolute atomic E-state index is 0.192. The molecule has 0 rings (SSSR count). The first-order valence-electron chi connectivity index (χ1n) is 2.49. The zero-order valence-corrected chi connectivity index (χ0v) is 5.18. The van der Waals surface area contributed by atoms with Gasteiger partial charge in [-0.05, 0) is 6.92 Å². The summed E-state index contributed by atoms with van der Waals surface area (Å²) in [4.78, 5) is 10.3. The van der Waals surface area contributed by atoms with Crippen molar-refractivity contribution in [2.24, 2.45) is 0 Å². The molecule has 0 N–H and O–H groups in total. The first kappa shape index (κ1) is 7.21. The molecule has 0 amide bonds. The summed E-state index contributed by atoms with van der Waals surface area (Å²) >= 11 is 0. The number of hydrogen-bond acceptors (Lipinski definition) is 2. The average Bonchev–Trinajstić information content (AvgIpc) is 1.83. The van der Waals surface area contributed by atoms with E-state index in [1.54, 1.807) is 6.08 Å². The first-order valence-corrected chi connectivity index (χ1v) is 2.49. The highest BCUT2D eigenvalue weighted by Gasteiger charge is 1.91. The second-order valence-electron chi connectivity index (χ2n) is 1.35. The Bertz CT molecular complexity index is 94.7. The van der Waals surface area contributed by atoms with Gasteiger partial charge in [-0.2, -0.15) is 0 Å². The van der Waals surface area contributed by atoms with E-state index in [0.29, 0.717) is 6.42 Å². The van der Waals surface area contributed by atoms with E-state index in [9.17, 15) is 4.79 Å². The molecule has 0 heterocycles. The second-order valence-corrected chi connectivity index (χ2v) is 1.35. The highest BCUT2D eigenvalue weighted by Crippen LogP contribution is 1.84. The van der Waals surface area contributed by atoms with E-state index in [4.69, 9.17) is 0 Å². The molecule has 0 aliphatic carbocycles. The monoisotopic (exact) mass is 114 g/mol. The number of rotatable bonds is 2. The molecule has 46 valence electrons. The lowest BCUT2D eigenvalue weighted by Gasteiger charge is -1.89. The molecule has 0 spiro atoms. The number of carbonyl (C=O) groups is 1. The molecule has 0 aromatic carbocycles. The molecule has 0 aromatic heterocycles. The molecule has 0 unspecified atom stereocenters. The standard InChI is InChI=1S/C6H10O2/c1-3-4-5-6(7)8-2/h3-4H,5H2,1-2H3/b4-3+. The van der Waals surface area contributed by atoms with Gasteiger partial charge in [0.1, 0.15) is 0 Å². The minimum atomic E-state index is -0.192. The number of allylic oxidation sites excluding steroid dienone is 1. The van der Waals surface area contributed by atoms with Gasteiger partial charge in [-0.1, -0.05) is 12.2 Å². The molecule has 0 saturated heterocycles. The molecular formula is C6H10O2. The summed E-state index contributed by atoms with van der Waals surface area (Å²) in [5.41, 5.74) is 0. The van der Waals surface area contributed by atoms with Gasteiger partial charge in [0.2, 0.25) is 0 Å². The van der Waals surface area contributed by atoms with Crippen molar-refractivity contribution >= 4 is 5.97 Å². The molecule has 0 radical (unpaired) electrons. The minimum Gasteiger partial charge on any atom is -0.469 e. The summed E-state index contributed by atoms with van der Waals surface area (Å²) in [6, 6.07) is 0. The third-order valence-corrected chi connectivity index (χ3v) is 0.748. The Labute approximate surface area is 49.1 Å². The summed E-state index contributed by atoms with van der Waals surface area (Å²) in [5.74, 6) is -0.192. The predicted octanol–water partition coefficient (Wildman–Crippen LogP) is 1.13. The lowest BCUT2D eigenvalue weighted by atomic mass is 10.4. The second kappa shape index (κ2) is 4.37. The third kappa shape index (κ3) is 3.40. The number of carbonyl (C=O) groups excluding carboxylic acids is 1. The zero-order valence-electron chi connectivity index (χ0n) is 5.18. The van der Waals surface area contributed by atoms with E-state index in [2.05, 4.69) is 4.74 Å². The summed E-state index contributed by atoms with van der Waals surface area (Å²) < 4.78 is 4.36. The Kier molecular flexibility index (Phi) is 3.94. The van der Waals surface area contributed by atoms with E-state index < -0.39 is 0 Å². The van der Waals surface area contributed by atoms with E-state index in [1.165, 1.54) is 7.11 Å². The lowest BCUT2D eigenvalue weighted by Crippen LogP contribution is -1.96. The molecule has 0 aliphatic rings. The lowest BCUT2D eigenvalue weighted by molar-refractivity contribution is -0.139. The smallest absolute Gasteiger partial charge is 0.309 e. The van der Waals surface area contributed by atoms with Crippen LogP contribution in [-0.4, -0.2) is 13.1 Å². The quantitative estimate of drug-likeness (QED) is 0.397. The molecule has 2 heteroatoms. The topological polar surface area (TPSA) is 26.3 Å². The Morgan fingerprint density at radius 3 is 2.75 bits per heavy atom. The molecular weight excluding hydrogens is 104 g/mol. The van der Waals surface area contributed by atoms with Gasteiger partial charge in [0.15, 0.2) is 0 Å². The van der Waals surface area contributed by atoms with Gasteiger partial charge in [-0.15, -0.1) is 0 Å². The SMILES string of the molecule is C/C=C/CC(=O)OC. The van der Waals surface area contributed by atoms with Gasteiger partial charge in [-0.3, -0.25) is 4.79 Å². The molecule has 0 atom stereocenters. The van der Waals surface area contributed by atoms with Crippen LogP contribution < -0.4 is 0 Å². The van der Waals surface area contributed by atoms with E-state index >= 15 is 0 Å². The fourth-order valence-corrected chi connectivity index (χ4v) is 0.297. The van der Waals surface area contributed by atoms with E-state index in [-0.39, 0.29) is 5.97 Å². The van der Waals surface area contributed by atoms with Crippen LogP contribution in [0.15, 0.2) is 12.2 Å². The van der Waals surface area contributed by atoms with Gasteiger partial charge in [0, 0.05) is 0 Å². The molecule has 0 aliphatic heterocycles. The van der Waals surface area contributed by atoms with Crippen LogP contribution in [0.25, 0.3) is 0 Å². The Morgan fingerprint density at radius 1 is 1.75 bits per heavy atom. The van der Waals surface area contributed by atoms with Crippen molar-refractivity contribution < 1.29 is 9.53 Å². The van der Waals surface area contributed by atoms with Crippen LogP contribution in [0.5, 0.6) is 0 Å². The highest BCUT2D eigenvalue weighted by molar-refractivity contribution is 5.70. The normalized spacial score (nSPS) is 9.75. The van der Waals surface area contributed by atoms with Gasteiger partial charge in [0.05, 0.1) is 13.5 Å². The first-order chi connectivity index (χ1) is 3.81. The summed E-state index contributed by atoms with van der Waals surface area (Å²) in [7, 11) is 1.38. The number of esters is 1. The zero-order chi connectivity index (χ0) is 6.41. The van der Waals surface area contributed by atoms with E-state index in [0.717, 1.165) is 0 Å². The maximum Gasteiger partial charge on any atom is 0.309 e. The van der Waals surface area contributed by atoms with Crippen molar-refractivity contribution in [1.29, 1.82) is 0 Å². The van der Waals surface area contributed by atoms with Crippen LogP contribution in [0.3, 0.4) is 0 Å². The highest BCUT2D eigenvalue weighted by atomic mass is 16.5. The summed E-state index contributed by atoms with van der Waals surface area (Å²) in [5, 5.41) is 0. The van der Waals surface area contributed by atoms with Gasteiger partial charge in [0.25, 0.3) is 0 Å². The van der Waals surface area contributed by atoms with Crippen molar-refractivity contribution in [2.75, 3.05) is 7.11 Å². The number of hydrogen-bond donors (Lipinski definition) is 0. The van der Waals surface area contributed by atoms with Crippen LogP contribution in [0.1, 0.15) is 13.3 Å². The summed E-state index contributed by atoms with van der Waals surface area (Å²) in [6.45, 7) is 1.86. The maximum absolute atomic E-state index is 10.3. The van der Waals surface area contributed by atoms with Crippen LogP contribution >= 0.6 is 0 Å². The fourth-order valence-electron chi connectivity index (χ4n) is 0.297. The van der Waals surface area contributed by atoms with Crippen LogP contribution in [-0.2, 0) is 9.53 Å². The van der Waals surface area contributed by atoms with E-state index in [1.807, 2.05) is 13.0 Å². The maximum atomic E-state index is 10.3. The van der Waals surface area contributed by atoms with Crippen molar-refractivity contribution in [3.8, 4) is 0 Å². The average molecular weight is 114 g/mol. The van der Waals surface area contributed by atoms with Crippen LogP contribution in [0.2, 0.25) is 0 Å². The molecule has 0 aromatic rings. The van der Waals surface area contributed by atoms with Crippen molar-refractivity contribution in [3.63, 3.8) is 0 Å². The fraction of sp³-hybridized carbons (Fsp3) is 0.500. The van der Waals surface area contributed by atoms with Gasteiger partial charge in [-0.25, -0.2) is 0 Å². The van der Waals surface area contributed by atoms with Gasteiger partial charge < -0.3 is 4.74 Å². The molecule has 0 fully saturated rings. The van der Waals surface area contributed by atoms with Crippen molar-refractivity contribution in [3.05, 3.63) is 12.2 Å². The predicted molar refractivity (Wildman–Crippen MR) is 31.4 cm³/mol. The van der Waals surface area contributed by atoms with Crippen LogP contribution in [0, 0.1) is 0 Å². The Morgan fingerprint density at radius 2 is 2.38 bits per heavy atom. The molecule has 8 heavy (non-hydrogen) atoms. The molecule has 0 bridgehead atoms. The Hall–Kier alpha value is -0.790. The summed E-state index contributed by atoms with van der Waals surface area (Å²) in [6.07, 6.45) is 3.95. The number of ether oxygens (including phenoxy) is 1. The molecule has 0 saturated carbocycles. The number of methoxy groups -OCH3 is 1. The molecule has 2 nitrogen and oxygen atoms in total. The van der Waals surface area contributed by atoms with Crippen molar-refractivity contribution in [2.45, 2.75) is 13.3 Å². The third-order valence-electron chi connectivity index (χ3n) is 0.748.